The molecule has 2 aromatic rings. The lowest BCUT2D eigenvalue weighted by molar-refractivity contribution is 0.0538. The number of ether oxygens (including phenoxy) is 4. The van der Waals surface area contributed by atoms with E-state index in [0.29, 0.717) is 44.5 Å². The smallest absolute Gasteiger partial charge is 0.198 e. The Balaban J connectivity index is 1.96. The summed E-state index contributed by atoms with van der Waals surface area (Å²) in [5.74, 6) is 0.827. The first-order chi connectivity index (χ1) is 11.8. The highest BCUT2D eigenvalue weighted by Gasteiger charge is 2.13. The average molecular weight is 328 g/mol. The van der Waals surface area contributed by atoms with Crippen molar-refractivity contribution in [2.24, 2.45) is 0 Å². The molecule has 0 saturated carbocycles. The maximum Gasteiger partial charge on any atom is 0.198 e. The molecule has 6 heteroatoms. The van der Waals surface area contributed by atoms with Crippen LogP contribution in [0.5, 0.6) is 11.5 Å². The number of benzene rings is 1. The van der Waals surface area contributed by atoms with Gasteiger partial charge in [0.2, 0.25) is 0 Å². The quantitative estimate of drug-likeness (QED) is 0.624. The second-order valence-electron chi connectivity index (χ2n) is 4.83. The van der Waals surface area contributed by atoms with Crippen LogP contribution in [0, 0.1) is 11.3 Å². The zero-order chi connectivity index (χ0) is 17.0. The first-order valence-corrected chi connectivity index (χ1v) is 7.60. The molecule has 1 aromatic carbocycles. The van der Waals surface area contributed by atoms with Crippen molar-refractivity contribution in [2.75, 3.05) is 33.5 Å². The van der Waals surface area contributed by atoms with E-state index in [0.717, 1.165) is 5.56 Å². The third-order valence-corrected chi connectivity index (χ3v) is 3.12. The standard InChI is InChI=1S/C18H20N2O4/c1-21-9-10-22-11-12-23-17-7-8-20-16(13-19)18(17)24-14-15-5-3-2-4-6-15/h2-8H,9-12,14H2,1H3. The van der Waals surface area contributed by atoms with E-state index in [1.165, 1.54) is 6.20 Å². The summed E-state index contributed by atoms with van der Waals surface area (Å²) in [7, 11) is 1.62. The van der Waals surface area contributed by atoms with E-state index >= 15 is 0 Å². The molecule has 0 saturated heterocycles. The van der Waals surface area contributed by atoms with E-state index in [4.69, 9.17) is 18.9 Å². The predicted molar refractivity (Wildman–Crippen MR) is 87.9 cm³/mol. The van der Waals surface area contributed by atoms with Crippen molar-refractivity contribution in [3.8, 4) is 17.6 Å². The monoisotopic (exact) mass is 328 g/mol. The van der Waals surface area contributed by atoms with Gasteiger partial charge in [0.05, 0.1) is 19.8 Å². The van der Waals surface area contributed by atoms with E-state index in [1.807, 2.05) is 36.4 Å². The molecule has 6 nitrogen and oxygen atoms in total. The normalized spacial score (nSPS) is 10.2. The van der Waals surface area contributed by atoms with Crippen molar-refractivity contribution in [1.82, 2.24) is 4.98 Å². The van der Waals surface area contributed by atoms with Crippen LogP contribution in [-0.2, 0) is 16.1 Å². The van der Waals surface area contributed by atoms with Gasteiger partial charge in [-0.3, -0.25) is 0 Å². The molecule has 1 heterocycles. The fourth-order valence-corrected chi connectivity index (χ4v) is 1.95. The van der Waals surface area contributed by atoms with E-state index in [2.05, 4.69) is 4.98 Å². The minimum atomic E-state index is 0.198. The lowest BCUT2D eigenvalue weighted by Gasteiger charge is -2.13. The molecule has 0 N–H and O–H groups in total. The number of methoxy groups -OCH3 is 1. The number of pyridine rings is 1. The van der Waals surface area contributed by atoms with Crippen molar-refractivity contribution in [1.29, 1.82) is 5.26 Å². The third-order valence-electron chi connectivity index (χ3n) is 3.12. The summed E-state index contributed by atoms with van der Waals surface area (Å²) in [6, 6.07) is 13.4. The van der Waals surface area contributed by atoms with Crippen molar-refractivity contribution in [3.63, 3.8) is 0 Å². The van der Waals surface area contributed by atoms with Crippen molar-refractivity contribution >= 4 is 0 Å². The van der Waals surface area contributed by atoms with Gasteiger partial charge in [0.25, 0.3) is 0 Å². The van der Waals surface area contributed by atoms with Gasteiger partial charge in [0, 0.05) is 19.4 Å². The fourth-order valence-electron chi connectivity index (χ4n) is 1.95. The molecule has 0 radical (unpaired) electrons. The Morgan fingerprint density at radius 3 is 2.54 bits per heavy atom. The number of hydrogen-bond donors (Lipinski definition) is 0. The summed E-state index contributed by atoms with van der Waals surface area (Å²) in [5.41, 5.74) is 1.20. The van der Waals surface area contributed by atoms with Crippen LogP contribution < -0.4 is 9.47 Å². The first-order valence-electron chi connectivity index (χ1n) is 7.60. The summed E-state index contributed by atoms with van der Waals surface area (Å²) in [4.78, 5) is 4.02. The molecule has 0 unspecified atom stereocenters. The molecule has 0 amide bonds. The summed E-state index contributed by atoms with van der Waals surface area (Å²) in [6.45, 7) is 2.16. The highest BCUT2D eigenvalue weighted by molar-refractivity contribution is 5.48. The Kier molecular flexibility index (Phi) is 7.54. The van der Waals surface area contributed by atoms with Gasteiger partial charge < -0.3 is 18.9 Å². The van der Waals surface area contributed by atoms with Gasteiger partial charge in [-0.1, -0.05) is 30.3 Å². The average Bonchev–Trinajstić information content (AvgIpc) is 2.64. The summed E-state index contributed by atoms with van der Waals surface area (Å²) in [6.07, 6.45) is 1.52. The van der Waals surface area contributed by atoms with Crippen LogP contribution in [-0.4, -0.2) is 38.5 Å². The maximum absolute atomic E-state index is 9.22. The van der Waals surface area contributed by atoms with Crippen molar-refractivity contribution in [2.45, 2.75) is 6.61 Å². The van der Waals surface area contributed by atoms with E-state index in [9.17, 15) is 5.26 Å². The largest absolute Gasteiger partial charge is 0.487 e. The maximum atomic E-state index is 9.22. The minimum Gasteiger partial charge on any atom is -0.487 e. The Bertz CT molecular complexity index is 656. The van der Waals surface area contributed by atoms with Crippen LogP contribution in [0.2, 0.25) is 0 Å². The number of nitriles is 1. The Morgan fingerprint density at radius 2 is 1.79 bits per heavy atom. The molecular formula is C18H20N2O4. The number of nitrogens with zero attached hydrogens (tertiary/aromatic N) is 2. The van der Waals surface area contributed by atoms with E-state index in [1.54, 1.807) is 13.2 Å². The highest BCUT2D eigenvalue weighted by Crippen LogP contribution is 2.30. The minimum absolute atomic E-state index is 0.198. The second-order valence-corrected chi connectivity index (χ2v) is 4.83. The number of hydrogen-bond acceptors (Lipinski definition) is 6. The number of aromatic nitrogens is 1. The van der Waals surface area contributed by atoms with Gasteiger partial charge in [-0.25, -0.2) is 4.98 Å². The summed E-state index contributed by atoms with van der Waals surface area (Å²) in [5, 5.41) is 9.22. The predicted octanol–water partition coefficient (Wildman–Crippen LogP) is 2.57. The highest BCUT2D eigenvalue weighted by atomic mass is 16.5. The van der Waals surface area contributed by atoms with Crippen molar-refractivity contribution in [3.05, 3.63) is 53.9 Å². The van der Waals surface area contributed by atoms with E-state index in [-0.39, 0.29) is 5.69 Å². The van der Waals surface area contributed by atoms with Gasteiger partial charge in [-0.05, 0) is 5.56 Å². The zero-order valence-electron chi connectivity index (χ0n) is 13.6. The Labute approximate surface area is 141 Å². The molecule has 0 aliphatic rings. The SMILES string of the molecule is COCCOCCOc1ccnc(C#N)c1OCc1ccccc1. The van der Waals surface area contributed by atoms with Crippen LogP contribution >= 0.6 is 0 Å². The van der Waals surface area contributed by atoms with Gasteiger partial charge >= 0.3 is 0 Å². The topological polar surface area (TPSA) is 73.6 Å². The van der Waals surface area contributed by atoms with E-state index < -0.39 is 0 Å². The zero-order valence-corrected chi connectivity index (χ0v) is 13.6. The third kappa shape index (κ3) is 5.54. The molecule has 0 atom stereocenters. The Hall–Kier alpha value is -2.62. The van der Waals surface area contributed by atoms with Gasteiger partial charge in [-0.2, -0.15) is 5.26 Å². The molecular weight excluding hydrogens is 308 g/mol. The number of rotatable bonds is 10. The van der Waals surface area contributed by atoms with Gasteiger partial charge in [0.15, 0.2) is 17.2 Å². The summed E-state index contributed by atoms with van der Waals surface area (Å²) < 4.78 is 21.7. The van der Waals surface area contributed by atoms with Crippen LogP contribution in [0.15, 0.2) is 42.6 Å². The molecule has 1 aromatic heterocycles. The fraction of sp³-hybridized carbons (Fsp3) is 0.333. The lowest BCUT2D eigenvalue weighted by atomic mass is 10.2. The second kappa shape index (κ2) is 10.2. The van der Waals surface area contributed by atoms with Crippen LogP contribution in [0.1, 0.15) is 11.3 Å². The molecule has 0 aliphatic heterocycles. The first kappa shape index (κ1) is 17.7. The lowest BCUT2D eigenvalue weighted by Crippen LogP contribution is -2.11. The van der Waals surface area contributed by atoms with Gasteiger partial charge in [-0.15, -0.1) is 0 Å². The molecule has 126 valence electrons. The molecule has 2 rings (SSSR count). The van der Waals surface area contributed by atoms with Crippen LogP contribution in [0.3, 0.4) is 0 Å². The molecule has 24 heavy (non-hydrogen) atoms. The molecule has 0 bridgehead atoms. The Morgan fingerprint density at radius 1 is 1.00 bits per heavy atom. The summed E-state index contributed by atoms with van der Waals surface area (Å²) >= 11 is 0. The molecule has 0 spiro atoms. The van der Waals surface area contributed by atoms with Gasteiger partial charge in [0.1, 0.15) is 19.3 Å². The van der Waals surface area contributed by atoms with Crippen molar-refractivity contribution < 1.29 is 18.9 Å². The van der Waals surface area contributed by atoms with Crippen LogP contribution in [0.4, 0.5) is 0 Å². The van der Waals surface area contributed by atoms with Crippen LogP contribution in [0.25, 0.3) is 0 Å². The molecule has 0 fully saturated rings. The molecule has 0 aliphatic carbocycles.